The van der Waals surface area contributed by atoms with Crippen molar-refractivity contribution in [2.75, 3.05) is 20.1 Å². The first kappa shape index (κ1) is 16.6. The van der Waals surface area contributed by atoms with Crippen molar-refractivity contribution in [3.8, 4) is 5.75 Å². The molecule has 1 fully saturated rings. The summed E-state index contributed by atoms with van der Waals surface area (Å²) < 4.78 is 10.9. The molecule has 0 bridgehead atoms. The van der Waals surface area contributed by atoms with E-state index in [4.69, 9.17) is 9.26 Å². The molecular weight excluding hydrogens is 306 g/mol. The smallest absolute Gasteiger partial charge is 0.264 e. The molecular formula is C18H23N3O3. The third-order valence-electron chi connectivity index (χ3n) is 4.44. The molecule has 0 amide bonds. The molecule has 0 atom stereocenters. The Balaban J connectivity index is 1.49. The lowest BCUT2D eigenvalue weighted by Crippen LogP contribution is -2.31. The number of Topliss-reactive ketones (excluding diaryl/α,β-unsaturated/α-hetero) is 1. The Hall–Kier alpha value is -2.21. The van der Waals surface area contributed by atoms with Gasteiger partial charge in [0.25, 0.3) is 5.89 Å². The van der Waals surface area contributed by atoms with E-state index in [-0.39, 0.29) is 12.4 Å². The van der Waals surface area contributed by atoms with E-state index in [1.807, 2.05) is 0 Å². The first-order valence-corrected chi connectivity index (χ1v) is 8.34. The molecule has 1 saturated heterocycles. The number of aromatic nitrogens is 2. The van der Waals surface area contributed by atoms with Crippen molar-refractivity contribution in [1.29, 1.82) is 0 Å². The fourth-order valence-corrected chi connectivity index (χ4v) is 2.89. The Labute approximate surface area is 141 Å². The lowest BCUT2D eigenvalue weighted by atomic mass is 9.94. The van der Waals surface area contributed by atoms with Crippen molar-refractivity contribution in [3.05, 3.63) is 41.5 Å². The average Bonchev–Trinajstić information content (AvgIpc) is 3.03. The highest BCUT2D eigenvalue weighted by Crippen LogP contribution is 2.20. The number of carbonyl (C=O) groups is 1. The number of benzene rings is 1. The van der Waals surface area contributed by atoms with Crippen molar-refractivity contribution >= 4 is 5.78 Å². The van der Waals surface area contributed by atoms with Crippen LogP contribution >= 0.6 is 0 Å². The van der Waals surface area contributed by atoms with Crippen LogP contribution in [0.25, 0.3) is 0 Å². The predicted octanol–water partition coefficient (Wildman–Crippen LogP) is 2.74. The molecule has 0 unspecified atom stereocenters. The van der Waals surface area contributed by atoms with Crippen LogP contribution < -0.4 is 4.74 Å². The van der Waals surface area contributed by atoms with Crippen LogP contribution in [0.1, 0.15) is 41.8 Å². The van der Waals surface area contributed by atoms with Crippen molar-refractivity contribution in [1.82, 2.24) is 15.0 Å². The Morgan fingerprint density at radius 1 is 1.29 bits per heavy atom. The van der Waals surface area contributed by atoms with Gasteiger partial charge in [-0.2, -0.15) is 4.98 Å². The molecule has 0 radical (unpaired) electrons. The largest absolute Gasteiger partial charge is 0.484 e. The highest BCUT2D eigenvalue weighted by molar-refractivity contribution is 5.94. The van der Waals surface area contributed by atoms with E-state index in [1.165, 1.54) is 12.8 Å². The van der Waals surface area contributed by atoms with Crippen molar-refractivity contribution in [2.45, 2.75) is 32.8 Å². The quantitative estimate of drug-likeness (QED) is 0.759. The van der Waals surface area contributed by atoms with E-state index < -0.39 is 0 Å². The van der Waals surface area contributed by atoms with Crippen LogP contribution in [0.4, 0.5) is 0 Å². The SMILES string of the molecule is CC(=O)c1ccc(OCc2nc(CC3CCN(C)CC3)no2)cc1. The first-order valence-electron chi connectivity index (χ1n) is 8.34. The van der Waals surface area contributed by atoms with Crippen LogP contribution in [-0.2, 0) is 13.0 Å². The molecule has 0 aliphatic carbocycles. The van der Waals surface area contributed by atoms with Gasteiger partial charge in [-0.05, 0) is 70.1 Å². The summed E-state index contributed by atoms with van der Waals surface area (Å²) in [6.07, 6.45) is 3.23. The molecule has 3 rings (SSSR count). The van der Waals surface area contributed by atoms with E-state index in [1.54, 1.807) is 31.2 Å². The topological polar surface area (TPSA) is 68.5 Å². The summed E-state index contributed by atoms with van der Waals surface area (Å²) in [4.78, 5) is 18.0. The number of carbonyl (C=O) groups excluding carboxylic acids is 1. The van der Waals surface area contributed by atoms with E-state index in [0.29, 0.717) is 23.1 Å². The number of hydrogen-bond acceptors (Lipinski definition) is 6. The molecule has 1 aromatic carbocycles. The second-order valence-electron chi connectivity index (χ2n) is 6.42. The van der Waals surface area contributed by atoms with Crippen molar-refractivity contribution in [2.24, 2.45) is 5.92 Å². The van der Waals surface area contributed by atoms with Gasteiger partial charge in [-0.3, -0.25) is 4.79 Å². The minimum atomic E-state index is 0.0389. The van der Waals surface area contributed by atoms with Crippen LogP contribution in [0.3, 0.4) is 0 Å². The maximum absolute atomic E-state index is 11.2. The van der Waals surface area contributed by atoms with Gasteiger partial charge >= 0.3 is 0 Å². The molecule has 1 aliphatic rings. The normalized spacial score (nSPS) is 16.2. The van der Waals surface area contributed by atoms with Gasteiger partial charge in [-0.15, -0.1) is 0 Å². The second-order valence-corrected chi connectivity index (χ2v) is 6.42. The van der Waals surface area contributed by atoms with Crippen molar-refractivity contribution < 1.29 is 14.1 Å². The van der Waals surface area contributed by atoms with E-state index in [2.05, 4.69) is 22.1 Å². The van der Waals surface area contributed by atoms with Gasteiger partial charge in [0.15, 0.2) is 18.2 Å². The maximum atomic E-state index is 11.2. The number of ether oxygens (including phenoxy) is 1. The van der Waals surface area contributed by atoms with Gasteiger partial charge in [-0.1, -0.05) is 5.16 Å². The van der Waals surface area contributed by atoms with E-state index >= 15 is 0 Å². The summed E-state index contributed by atoms with van der Waals surface area (Å²) in [5, 5.41) is 4.05. The molecule has 6 nitrogen and oxygen atoms in total. The minimum Gasteiger partial charge on any atom is -0.484 e. The number of likely N-dealkylation sites (tertiary alicyclic amines) is 1. The first-order chi connectivity index (χ1) is 11.6. The molecule has 128 valence electrons. The van der Waals surface area contributed by atoms with E-state index in [9.17, 15) is 4.79 Å². The molecule has 0 saturated carbocycles. The number of hydrogen-bond donors (Lipinski definition) is 0. The third-order valence-corrected chi connectivity index (χ3v) is 4.44. The molecule has 0 N–H and O–H groups in total. The summed E-state index contributed by atoms with van der Waals surface area (Å²) >= 11 is 0. The highest BCUT2D eigenvalue weighted by Gasteiger charge is 2.19. The van der Waals surface area contributed by atoms with Gasteiger partial charge in [0.2, 0.25) is 0 Å². The summed E-state index contributed by atoms with van der Waals surface area (Å²) in [6.45, 7) is 4.05. The van der Waals surface area contributed by atoms with Crippen LogP contribution in [0, 0.1) is 5.92 Å². The Bertz CT molecular complexity index is 673. The second kappa shape index (κ2) is 7.57. The summed E-state index contributed by atoms with van der Waals surface area (Å²) in [5.74, 6) is 2.59. The van der Waals surface area contributed by atoms with E-state index in [0.717, 1.165) is 25.3 Å². The fraction of sp³-hybridized carbons (Fsp3) is 0.500. The Morgan fingerprint density at radius 3 is 2.67 bits per heavy atom. The standard InChI is InChI=1S/C18H23N3O3/c1-13(22)15-3-5-16(6-4-15)23-12-18-19-17(20-24-18)11-14-7-9-21(2)10-8-14/h3-6,14H,7-12H2,1-2H3. The minimum absolute atomic E-state index is 0.0389. The summed E-state index contributed by atoms with van der Waals surface area (Å²) in [7, 11) is 2.16. The molecule has 2 heterocycles. The maximum Gasteiger partial charge on any atom is 0.264 e. The predicted molar refractivity (Wildman–Crippen MR) is 89.0 cm³/mol. The molecule has 2 aromatic rings. The third kappa shape index (κ3) is 4.41. The zero-order valence-corrected chi connectivity index (χ0v) is 14.2. The van der Waals surface area contributed by atoms with Gasteiger partial charge in [0.1, 0.15) is 5.75 Å². The average molecular weight is 329 g/mol. The summed E-state index contributed by atoms with van der Waals surface area (Å²) in [6, 6.07) is 7.03. The van der Waals surface area contributed by atoms with Crippen LogP contribution in [0.15, 0.2) is 28.8 Å². The number of piperidine rings is 1. The highest BCUT2D eigenvalue weighted by atomic mass is 16.5. The molecule has 24 heavy (non-hydrogen) atoms. The van der Waals surface area contributed by atoms with Gasteiger partial charge < -0.3 is 14.2 Å². The lowest BCUT2D eigenvalue weighted by Gasteiger charge is -2.27. The summed E-state index contributed by atoms with van der Waals surface area (Å²) in [5.41, 5.74) is 0.667. The van der Waals surface area contributed by atoms with Crippen LogP contribution in [0.2, 0.25) is 0 Å². The van der Waals surface area contributed by atoms with Gasteiger partial charge in [0.05, 0.1) is 0 Å². The van der Waals surface area contributed by atoms with Crippen LogP contribution in [-0.4, -0.2) is 41.0 Å². The molecule has 1 aliphatic heterocycles. The lowest BCUT2D eigenvalue weighted by molar-refractivity contribution is 0.101. The van der Waals surface area contributed by atoms with Crippen molar-refractivity contribution in [3.63, 3.8) is 0 Å². The number of rotatable bonds is 6. The molecule has 0 spiro atoms. The number of nitrogens with zero attached hydrogens (tertiary/aromatic N) is 3. The number of ketones is 1. The van der Waals surface area contributed by atoms with Gasteiger partial charge in [-0.25, -0.2) is 0 Å². The zero-order valence-electron chi connectivity index (χ0n) is 14.2. The monoisotopic (exact) mass is 329 g/mol. The zero-order chi connectivity index (χ0) is 16.9. The Kier molecular flexibility index (Phi) is 5.25. The Morgan fingerprint density at radius 2 is 2.00 bits per heavy atom. The van der Waals surface area contributed by atoms with Crippen LogP contribution in [0.5, 0.6) is 5.75 Å². The molecule has 1 aromatic heterocycles. The molecule has 6 heteroatoms. The van der Waals surface area contributed by atoms with Gasteiger partial charge in [0, 0.05) is 12.0 Å². The fourth-order valence-electron chi connectivity index (χ4n) is 2.89.